The van der Waals surface area contributed by atoms with E-state index in [0.29, 0.717) is 19.3 Å². The van der Waals surface area contributed by atoms with Gasteiger partial charge in [0.1, 0.15) is 13.2 Å². The summed E-state index contributed by atoms with van der Waals surface area (Å²) in [6.07, 6.45) is 69.4. The Morgan fingerprint density at radius 2 is 0.703 bits per heavy atom. The van der Waals surface area contributed by atoms with Gasteiger partial charge in [0.05, 0.1) is 0 Å². The molecule has 0 aromatic heterocycles. The molecule has 0 saturated carbocycles. The van der Waals surface area contributed by atoms with Gasteiger partial charge in [-0.2, -0.15) is 0 Å². The molecule has 6 heteroatoms. The van der Waals surface area contributed by atoms with E-state index in [1.165, 1.54) is 83.5 Å². The third-order valence-corrected chi connectivity index (χ3v) is 10.6. The van der Waals surface area contributed by atoms with Crippen molar-refractivity contribution in [2.24, 2.45) is 0 Å². The molecule has 0 bridgehead atoms. The molecule has 0 N–H and O–H groups in total. The maximum absolute atomic E-state index is 12.8. The van der Waals surface area contributed by atoms with Crippen molar-refractivity contribution in [3.05, 3.63) is 109 Å². The summed E-state index contributed by atoms with van der Waals surface area (Å²) in [7, 11) is 0. The van der Waals surface area contributed by atoms with Crippen molar-refractivity contribution in [2.75, 3.05) is 13.2 Å². The Bertz CT molecular complexity index is 1340. The average Bonchev–Trinajstić information content (AvgIpc) is 3.29. The van der Waals surface area contributed by atoms with E-state index in [9.17, 15) is 14.4 Å². The van der Waals surface area contributed by atoms with Crippen LogP contribution in [-0.2, 0) is 28.6 Å². The van der Waals surface area contributed by atoms with E-state index < -0.39 is 6.10 Å². The zero-order valence-corrected chi connectivity index (χ0v) is 41.3. The Morgan fingerprint density at radius 1 is 0.344 bits per heavy atom. The number of unbranched alkanes of at least 4 members (excludes halogenated alkanes) is 19. The van der Waals surface area contributed by atoms with Crippen LogP contribution in [0.1, 0.15) is 220 Å². The molecule has 0 aromatic carbocycles. The van der Waals surface area contributed by atoms with Crippen molar-refractivity contribution in [3.63, 3.8) is 0 Å². The molecule has 0 aromatic rings. The molecule has 0 radical (unpaired) electrons. The van der Waals surface area contributed by atoms with E-state index in [1.54, 1.807) is 0 Å². The molecule has 0 heterocycles. The van der Waals surface area contributed by atoms with Gasteiger partial charge in [0, 0.05) is 19.3 Å². The predicted octanol–water partition coefficient (Wildman–Crippen LogP) is 17.1. The van der Waals surface area contributed by atoms with Crippen LogP contribution in [0.5, 0.6) is 0 Å². The van der Waals surface area contributed by atoms with Crippen molar-refractivity contribution in [3.8, 4) is 0 Å². The topological polar surface area (TPSA) is 78.9 Å². The summed E-state index contributed by atoms with van der Waals surface area (Å²) in [6, 6.07) is 0. The van der Waals surface area contributed by atoms with Crippen molar-refractivity contribution < 1.29 is 28.6 Å². The zero-order valence-electron chi connectivity index (χ0n) is 41.3. The lowest BCUT2D eigenvalue weighted by Gasteiger charge is -2.18. The number of carbonyl (C=O) groups excluding carboxylic acids is 3. The van der Waals surface area contributed by atoms with Gasteiger partial charge in [-0.1, -0.05) is 233 Å². The van der Waals surface area contributed by atoms with Crippen LogP contribution >= 0.6 is 0 Å². The molecule has 0 aliphatic heterocycles. The first-order valence-corrected chi connectivity index (χ1v) is 25.9. The molecule has 6 nitrogen and oxygen atoms in total. The summed E-state index contributed by atoms with van der Waals surface area (Å²) in [6.45, 7) is 6.29. The Morgan fingerprint density at radius 3 is 1.19 bits per heavy atom. The average molecular weight is 887 g/mol. The molecule has 0 spiro atoms. The first-order chi connectivity index (χ1) is 31.5. The van der Waals surface area contributed by atoms with Crippen LogP contribution in [0.2, 0.25) is 0 Å². The van der Waals surface area contributed by atoms with Crippen LogP contribution < -0.4 is 0 Å². The number of ether oxygens (including phenoxy) is 3. The van der Waals surface area contributed by atoms with Crippen molar-refractivity contribution >= 4 is 17.9 Å². The summed E-state index contributed by atoms with van der Waals surface area (Å²) >= 11 is 0. The van der Waals surface area contributed by atoms with E-state index >= 15 is 0 Å². The van der Waals surface area contributed by atoms with Crippen LogP contribution in [0.15, 0.2) is 109 Å². The van der Waals surface area contributed by atoms with E-state index in [0.717, 1.165) is 89.9 Å². The quantitative estimate of drug-likeness (QED) is 0.0199. The summed E-state index contributed by atoms with van der Waals surface area (Å²) in [5.41, 5.74) is 0. The summed E-state index contributed by atoms with van der Waals surface area (Å²) in [5.74, 6) is -1.01. The third kappa shape index (κ3) is 49.1. The second kappa shape index (κ2) is 51.7. The Labute approximate surface area is 393 Å². The van der Waals surface area contributed by atoms with E-state index in [-0.39, 0.29) is 37.5 Å². The largest absolute Gasteiger partial charge is 0.462 e. The molecule has 1 atom stereocenters. The van der Waals surface area contributed by atoms with Gasteiger partial charge in [0.25, 0.3) is 0 Å². The Hall–Kier alpha value is -3.93. The predicted molar refractivity (Wildman–Crippen MR) is 274 cm³/mol. The molecule has 0 fully saturated rings. The van der Waals surface area contributed by atoms with Crippen LogP contribution in [-0.4, -0.2) is 37.2 Å². The minimum atomic E-state index is -0.817. The third-order valence-electron chi connectivity index (χ3n) is 10.6. The Kier molecular flexibility index (Phi) is 48.5. The summed E-state index contributed by atoms with van der Waals surface area (Å²) in [5, 5.41) is 0. The number of hydrogen-bond donors (Lipinski definition) is 0. The lowest BCUT2D eigenvalue weighted by molar-refractivity contribution is -0.167. The van der Waals surface area contributed by atoms with Gasteiger partial charge in [0.15, 0.2) is 6.10 Å². The van der Waals surface area contributed by atoms with E-state index in [2.05, 4.69) is 93.7 Å². The molecular weight excluding hydrogens is 793 g/mol. The second-order valence-corrected chi connectivity index (χ2v) is 16.8. The monoisotopic (exact) mass is 887 g/mol. The van der Waals surface area contributed by atoms with Gasteiger partial charge in [-0.15, -0.1) is 0 Å². The number of esters is 3. The van der Waals surface area contributed by atoms with Gasteiger partial charge in [-0.25, -0.2) is 0 Å². The van der Waals surface area contributed by atoms with Crippen molar-refractivity contribution in [1.29, 1.82) is 0 Å². The van der Waals surface area contributed by atoms with E-state index in [1.807, 2.05) is 36.5 Å². The molecule has 0 aliphatic rings. The lowest BCUT2D eigenvalue weighted by atomic mass is 10.0. The van der Waals surface area contributed by atoms with Crippen LogP contribution in [0.3, 0.4) is 0 Å². The molecule has 0 aliphatic carbocycles. The van der Waals surface area contributed by atoms with Gasteiger partial charge in [-0.05, 0) is 77.0 Å². The fraction of sp³-hybridized carbons (Fsp3) is 0.638. The van der Waals surface area contributed by atoms with Gasteiger partial charge in [0.2, 0.25) is 0 Å². The second-order valence-electron chi connectivity index (χ2n) is 16.8. The van der Waals surface area contributed by atoms with Crippen molar-refractivity contribution in [2.45, 2.75) is 226 Å². The maximum atomic E-state index is 12.8. The van der Waals surface area contributed by atoms with Gasteiger partial charge >= 0.3 is 17.9 Å². The zero-order chi connectivity index (χ0) is 46.5. The molecule has 0 rings (SSSR count). The van der Waals surface area contributed by atoms with Crippen LogP contribution in [0.4, 0.5) is 0 Å². The van der Waals surface area contributed by atoms with Crippen molar-refractivity contribution in [1.82, 2.24) is 0 Å². The smallest absolute Gasteiger partial charge is 0.306 e. The standard InChI is InChI=1S/C58H94O6/c1-4-7-10-13-16-19-22-25-27-29-31-33-36-39-42-45-48-51-57(60)63-54-55(53-62-56(59)50-47-44-41-38-35-32-24-21-18-15-12-9-6-3)64-58(61)52-49-46-43-40-37-34-30-28-26-23-20-17-14-11-8-5-2/h7,9-10,12,15-16,18-19,21,24-25,27,31-33,35,39,42,55H,4-6,8,11,13-14,17,20,22-23,26,28-30,34,36-38,40-41,43-54H2,1-3H3/b10-7-,12-9-,18-15-,19-16-,24-21-,27-25-,33-31-,35-32-,42-39-. The van der Waals surface area contributed by atoms with Crippen LogP contribution in [0.25, 0.3) is 0 Å². The minimum Gasteiger partial charge on any atom is -0.462 e. The number of rotatable bonds is 45. The summed E-state index contributed by atoms with van der Waals surface area (Å²) in [4.78, 5) is 38.0. The molecule has 0 amide bonds. The molecular formula is C58H94O6. The highest BCUT2D eigenvalue weighted by molar-refractivity contribution is 5.71. The highest BCUT2D eigenvalue weighted by Gasteiger charge is 2.19. The first-order valence-electron chi connectivity index (χ1n) is 25.9. The molecule has 362 valence electrons. The SMILES string of the molecule is CC\C=C/C=C\C=C/C=C\CCCCCC(=O)OCC(COC(=O)CCC/C=C\C/C=C\C/C=C\C/C=C\C/C=C\CC)OC(=O)CCCCCCCCCCCCCCCCCC. The normalized spacial score (nSPS) is 13.0. The Balaban J connectivity index is 4.52. The highest BCUT2D eigenvalue weighted by Crippen LogP contribution is 2.15. The van der Waals surface area contributed by atoms with Gasteiger partial charge in [-0.3, -0.25) is 14.4 Å². The summed E-state index contributed by atoms with van der Waals surface area (Å²) < 4.78 is 16.7. The van der Waals surface area contributed by atoms with E-state index in [4.69, 9.17) is 14.2 Å². The molecule has 0 saturated heterocycles. The fourth-order valence-electron chi connectivity index (χ4n) is 6.78. The number of allylic oxidation sites excluding steroid dienone is 18. The van der Waals surface area contributed by atoms with Gasteiger partial charge < -0.3 is 14.2 Å². The lowest BCUT2D eigenvalue weighted by Crippen LogP contribution is -2.30. The minimum absolute atomic E-state index is 0.116. The first kappa shape index (κ1) is 60.1. The number of carbonyl (C=O) groups is 3. The fourth-order valence-corrected chi connectivity index (χ4v) is 6.78. The maximum Gasteiger partial charge on any atom is 0.306 e. The number of hydrogen-bond acceptors (Lipinski definition) is 6. The highest BCUT2D eigenvalue weighted by atomic mass is 16.6. The molecule has 64 heavy (non-hydrogen) atoms. The molecule has 1 unspecified atom stereocenters. The van der Waals surface area contributed by atoms with Crippen LogP contribution in [0, 0.1) is 0 Å².